The number of ether oxygens (including phenoxy) is 1. The molecule has 0 spiro atoms. The fourth-order valence-electron chi connectivity index (χ4n) is 2.57. The van der Waals surface area contributed by atoms with Crippen LogP contribution in [0.25, 0.3) is 0 Å². The molecule has 0 saturated heterocycles. The van der Waals surface area contributed by atoms with Crippen molar-refractivity contribution in [3.8, 4) is 0 Å². The smallest absolute Gasteiger partial charge is 0.408 e. The number of carbonyl (C=O) groups excluding carboxylic acids is 1. The maximum Gasteiger partial charge on any atom is 0.408 e. The maximum atomic E-state index is 11.7. The molecule has 1 atom stereocenters. The van der Waals surface area contributed by atoms with Gasteiger partial charge in [-0.1, -0.05) is 19.3 Å². The van der Waals surface area contributed by atoms with E-state index in [1.165, 1.54) is 0 Å². The standard InChI is InChI=1S/C15H25NO6/c17-13(18)10-4-2-1-3-9-12(14(19)20)16-15(21)22-11-7-5-6-8-11/h11-12H,1-10H2,(H,16,21)(H,17,18)(H,19,20)/t12-/m0/s1. The SMILES string of the molecule is O=C(O)CCCCCC[C@H](NC(=O)OC1CCCC1)C(=O)O. The van der Waals surface area contributed by atoms with Gasteiger partial charge in [0.25, 0.3) is 0 Å². The lowest BCUT2D eigenvalue weighted by Gasteiger charge is -2.17. The van der Waals surface area contributed by atoms with Gasteiger partial charge in [0.15, 0.2) is 0 Å². The highest BCUT2D eigenvalue weighted by Gasteiger charge is 2.24. The maximum absolute atomic E-state index is 11.7. The summed E-state index contributed by atoms with van der Waals surface area (Å²) in [7, 11) is 0. The third-order valence-electron chi connectivity index (χ3n) is 3.80. The minimum atomic E-state index is -1.08. The van der Waals surface area contributed by atoms with Crippen molar-refractivity contribution in [2.24, 2.45) is 0 Å². The third kappa shape index (κ3) is 7.85. The number of carbonyl (C=O) groups is 3. The molecule has 1 saturated carbocycles. The summed E-state index contributed by atoms with van der Waals surface area (Å²) in [6.07, 6.45) is 6.16. The monoisotopic (exact) mass is 315 g/mol. The molecule has 7 heteroatoms. The first-order valence-corrected chi connectivity index (χ1v) is 7.91. The van der Waals surface area contributed by atoms with E-state index < -0.39 is 24.1 Å². The molecule has 22 heavy (non-hydrogen) atoms. The molecular formula is C15H25NO6. The van der Waals surface area contributed by atoms with E-state index in [1.54, 1.807) is 0 Å². The Morgan fingerprint density at radius 2 is 1.68 bits per heavy atom. The predicted molar refractivity (Wildman–Crippen MR) is 78.6 cm³/mol. The molecule has 0 heterocycles. The van der Waals surface area contributed by atoms with Gasteiger partial charge in [-0.2, -0.15) is 0 Å². The van der Waals surface area contributed by atoms with Gasteiger partial charge in [-0.15, -0.1) is 0 Å². The van der Waals surface area contributed by atoms with Crippen LogP contribution < -0.4 is 5.32 Å². The van der Waals surface area contributed by atoms with Crippen LogP contribution in [0.15, 0.2) is 0 Å². The van der Waals surface area contributed by atoms with E-state index in [-0.39, 0.29) is 12.5 Å². The summed E-state index contributed by atoms with van der Waals surface area (Å²) < 4.78 is 5.18. The van der Waals surface area contributed by atoms with Crippen LogP contribution in [0.5, 0.6) is 0 Å². The number of aliphatic carboxylic acids is 2. The van der Waals surface area contributed by atoms with Crippen molar-refractivity contribution >= 4 is 18.0 Å². The number of carboxylic acids is 2. The van der Waals surface area contributed by atoms with Gasteiger partial charge in [0.05, 0.1) is 0 Å². The van der Waals surface area contributed by atoms with Gasteiger partial charge >= 0.3 is 18.0 Å². The second-order valence-corrected chi connectivity index (χ2v) is 5.69. The van der Waals surface area contributed by atoms with Crippen LogP contribution in [0.2, 0.25) is 0 Å². The van der Waals surface area contributed by atoms with Crippen molar-refractivity contribution in [2.75, 3.05) is 0 Å². The Kier molecular flexibility index (Phi) is 8.32. The summed E-state index contributed by atoms with van der Waals surface area (Å²) in [5.41, 5.74) is 0. The molecule has 0 aliphatic heterocycles. The van der Waals surface area contributed by atoms with Gasteiger partial charge in [0, 0.05) is 6.42 Å². The van der Waals surface area contributed by atoms with E-state index in [0.29, 0.717) is 19.3 Å². The second-order valence-electron chi connectivity index (χ2n) is 5.69. The van der Waals surface area contributed by atoms with Crippen LogP contribution in [0, 0.1) is 0 Å². The van der Waals surface area contributed by atoms with E-state index in [4.69, 9.17) is 14.9 Å². The van der Waals surface area contributed by atoms with Crippen molar-refractivity contribution in [3.05, 3.63) is 0 Å². The Bertz CT molecular complexity index is 378. The first-order valence-electron chi connectivity index (χ1n) is 7.91. The predicted octanol–water partition coefficient (Wildman–Crippen LogP) is 2.53. The lowest BCUT2D eigenvalue weighted by molar-refractivity contribution is -0.139. The molecule has 1 fully saturated rings. The fraction of sp³-hybridized carbons (Fsp3) is 0.800. The molecule has 0 bridgehead atoms. The fourth-order valence-corrected chi connectivity index (χ4v) is 2.57. The molecule has 1 rings (SSSR count). The highest BCUT2D eigenvalue weighted by atomic mass is 16.6. The molecule has 7 nitrogen and oxygen atoms in total. The number of nitrogens with one attached hydrogen (secondary N) is 1. The molecule has 0 aromatic carbocycles. The molecule has 0 radical (unpaired) electrons. The van der Waals surface area contributed by atoms with Crippen molar-refractivity contribution in [2.45, 2.75) is 76.4 Å². The molecule has 1 amide bonds. The van der Waals surface area contributed by atoms with E-state index in [2.05, 4.69) is 5.32 Å². The Hall–Kier alpha value is -1.79. The van der Waals surface area contributed by atoms with E-state index >= 15 is 0 Å². The van der Waals surface area contributed by atoms with E-state index in [1.807, 2.05) is 0 Å². The minimum absolute atomic E-state index is 0.0922. The largest absolute Gasteiger partial charge is 0.481 e. The second kappa shape index (κ2) is 10.0. The summed E-state index contributed by atoms with van der Waals surface area (Å²) in [5.74, 6) is -1.89. The van der Waals surface area contributed by atoms with E-state index in [9.17, 15) is 14.4 Å². The van der Waals surface area contributed by atoms with Gasteiger partial charge in [0.1, 0.15) is 12.1 Å². The van der Waals surface area contributed by atoms with Crippen LogP contribution in [-0.4, -0.2) is 40.4 Å². The van der Waals surface area contributed by atoms with Gasteiger partial charge in [-0.05, 0) is 38.5 Å². The number of alkyl carbamates (subject to hydrolysis) is 1. The molecule has 126 valence electrons. The number of amides is 1. The first kappa shape index (κ1) is 18.3. The van der Waals surface area contributed by atoms with E-state index in [0.717, 1.165) is 38.5 Å². The third-order valence-corrected chi connectivity index (χ3v) is 3.80. The van der Waals surface area contributed by atoms with Crippen LogP contribution >= 0.6 is 0 Å². The number of unbranched alkanes of at least 4 members (excludes halogenated alkanes) is 3. The van der Waals surface area contributed by atoms with Crippen LogP contribution in [-0.2, 0) is 14.3 Å². The minimum Gasteiger partial charge on any atom is -0.481 e. The van der Waals surface area contributed by atoms with Crippen molar-refractivity contribution < 1.29 is 29.3 Å². The first-order chi connectivity index (χ1) is 10.5. The zero-order chi connectivity index (χ0) is 16.4. The number of hydrogen-bond donors (Lipinski definition) is 3. The normalized spacial score (nSPS) is 16.2. The van der Waals surface area contributed by atoms with Crippen molar-refractivity contribution in [1.82, 2.24) is 5.32 Å². The summed E-state index contributed by atoms with van der Waals surface area (Å²) in [6.45, 7) is 0. The average Bonchev–Trinajstić information content (AvgIpc) is 2.93. The number of carboxylic acid groups (broad SMARTS) is 2. The molecular weight excluding hydrogens is 290 g/mol. The Balaban J connectivity index is 2.19. The zero-order valence-electron chi connectivity index (χ0n) is 12.8. The molecule has 1 aliphatic rings. The summed E-state index contributed by atoms with van der Waals surface area (Å²) >= 11 is 0. The van der Waals surface area contributed by atoms with Crippen LogP contribution in [0.3, 0.4) is 0 Å². The zero-order valence-corrected chi connectivity index (χ0v) is 12.8. The molecule has 0 unspecified atom stereocenters. The Morgan fingerprint density at radius 1 is 1.05 bits per heavy atom. The quantitative estimate of drug-likeness (QED) is 0.534. The lowest BCUT2D eigenvalue weighted by Crippen LogP contribution is -2.42. The number of hydrogen-bond acceptors (Lipinski definition) is 4. The molecule has 1 aliphatic carbocycles. The topological polar surface area (TPSA) is 113 Å². The number of rotatable bonds is 10. The average molecular weight is 315 g/mol. The Labute approximate surface area is 130 Å². The van der Waals surface area contributed by atoms with Gasteiger partial charge in [-0.3, -0.25) is 4.79 Å². The summed E-state index contributed by atoms with van der Waals surface area (Å²) in [6, 6.07) is -0.951. The summed E-state index contributed by atoms with van der Waals surface area (Å²) in [5, 5.41) is 20.0. The van der Waals surface area contributed by atoms with Gasteiger partial charge < -0.3 is 20.3 Å². The molecule has 0 aromatic heterocycles. The lowest BCUT2D eigenvalue weighted by atomic mass is 10.1. The summed E-state index contributed by atoms with van der Waals surface area (Å²) in [4.78, 5) is 33.1. The van der Waals surface area contributed by atoms with Crippen molar-refractivity contribution in [3.63, 3.8) is 0 Å². The highest BCUT2D eigenvalue weighted by Crippen LogP contribution is 2.21. The highest BCUT2D eigenvalue weighted by molar-refractivity contribution is 5.79. The molecule has 3 N–H and O–H groups in total. The Morgan fingerprint density at radius 3 is 2.27 bits per heavy atom. The van der Waals surface area contributed by atoms with Gasteiger partial charge in [-0.25, -0.2) is 9.59 Å². The van der Waals surface area contributed by atoms with Gasteiger partial charge in [0.2, 0.25) is 0 Å². The van der Waals surface area contributed by atoms with Crippen molar-refractivity contribution in [1.29, 1.82) is 0 Å². The molecule has 0 aromatic rings. The van der Waals surface area contributed by atoms with Crippen LogP contribution in [0.4, 0.5) is 4.79 Å². The van der Waals surface area contributed by atoms with Crippen LogP contribution in [0.1, 0.15) is 64.2 Å².